The Bertz CT molecular complexity index is 746. The molecule has 0 amide bonds. The average molecular weight is 523 g/mol. The molecule has 0 atom stereocenters. The molecular formula is C31H54O6. The van der Waals surface area contributed by atoms with Crippen molar-refractivity contribution in [1.82, 2.24) is 0 Å². The fraction of sp³-hybridized carbons (Fsp3) is 0.774. The zero-order chi connectivity index (χ0) is 27.3. The number of rotatable bonds is 23. The van der Waals surface area contributed by atoms with Gasteiger partial charge in [-0.1, -0.05) is 105 Å². The highest BCUT2D eigenvalue weighted by Crippen LogP contribution is 2.50. The predicted molar refractivity (Wildman–Crippen MR) is 152 cm³/mol. The first-order valence-corrected chi connectivity index (χ1v) is 15.1. The lowest BCUT2D eigenvalue weighted by atomic mass is 9.94. The van der Waals surface area contributed by atoms with Crippen molar-refractivity contribution in [3.8, 4) is 23.0 Å². The smallest absolute Gasteiger partial charge is 0.502 e. The van der Waals surface area contributed by atoms with Gasteiger partial charge in [-0.2, -0.15) is 0 Å². The summed E-state index contributed by atoms with van der Waals surface area (Å²) in [6.45, 7) is 9.64. The first-order valence-electron chi connectivity index (χ1n) is 15.1. The van der Waals surface area contributed by atoms with Gasteiger partial charge < -0.3 is 24.4 Å². The molecule has 6 heteroatoms. The van der Waals surface area contributed by atoms with E-state index in [1.165, 1.54) is 44.9 Å². The van der Waals surface area contributed by atoms with Crippen LogP contribution >= 0.6 is 0 Å². The summed E-state index contributed by atoms with van der Waals surface area (Å²) in [7, 11) is 0. The van der Waals surface area contributed by atoms with Crippen LogP contribution in [-0.2, 0) is 12.8 Å². The number of carboxylic acid groups (broad SMARTS) is 1. The highest BCUT2D eigenvalue weighted by molar-refractivity contribution is 5.71. The van der Waals surface area contributed by atoms with E-state index < -0.39 is 6.16 Å². The fourth-order valence-electron chi connectivity index (χ4n) is 4.60. The first-order chi connectivity index (χ1) is 18.0. The second kappa shape index (κ2) is 20.9. The van der Waals surface area contributed by atoms with Crippen molar-refractivity contribution in [1.29, 1.82) is 0 Å². The first kappa shape index (κ1) is 32.9. The monoisotopic (exact) mass is 522 g/mol. The molecule has 0 aliphatic carbocycles. The number of aromatic hydroxyl groups is 1. The lowest BCUT2D eigenvalue weighted by Crippen LogP contribution is -2.12. The highest BCUT2D eigenvalue weighted by atomic mass is 16.7. The summed E-state index contributed by atoms with van der Waals surface area (Å²) in [4.78, 5) is 11.6. The van der Waals surface area contributed by atoms with Crippen LogP contribution < -0.4 is 14.2 Å². The quantitative estimate of drug-likeness (QED) is 0.0845. The van der Waals surface area contributed by atoms with Gasteiger partial charge in [-0.25, -0.2) is 4.79 Å². The Hall–Kier alpha value is -2.11. The van der Waals surface area contributed by atoms with Gasteiger partial charge in [0.05, 0.1) is 13.2 Å². The summed E-state index contributed by atoms with van der Waals surface area (Å²) in [6.07, 6.45) is 17.4. The number of phenols is 1. The van der Waals surface area contributed by atoms with E-state index in [0.29, 0.717) is 25.4 Å². The van der Waals surface area contributed by atoms with Crippen LogP contribution in [-0.4, -0.2) is 29.6 Å². The fourth-order valence-corrected chi connectivity index (χ4v) is 4.60. The maximum Gasteiger partial charge on any atom is 0.511 e. The molecule has 0 spiro atoms. The number of hydrogen-bond acceptors (Lipinski definition) is 5. The molecule has 1 aromatic carbocycles. The van der Waals surface area contributed by atoms with E-state index >= 15 is 0 Å². The summed E-state index contributed by atoms with van der Waals surface area (Å²) in [5, 5.41) is 20.7. The van der Waals surface area contributed by atoms with Crippen molar-refractivity contribution in [2.75, 3.05) is 13.2 Å². The Morgan fingerprint density at radius 1 is 0.568 bits per heavy atom. The molecule has 0 aromatic heterocycles. The van der Waals surface area contributed by atoms with Crippen LogP contribution in [0.4, 0.5) is 4.79 Å². The summed E-state index contributed by atoms with van der Waals surface area (Å²) in [5.74, 6) is 0.575. The minimum Gasteiger partial charge on any atom is -0.502 e. The summed E-state index contributed by atoms with van der Waals surface area (Å²) >= 11 is 0. The van der Waals surface area contributed by atoms with E-state index in [9.17, 15) is 15.0 Å². The summed E-state index contributed by atoms with van der Waals surface area (Å²) < 4.78 is 17.7. The van der Waals surface area contributed by atoms with Gasteiger partial charge in [-0.15, -0.1) is 0 Å². The van der Waals surface area contributed by atoms with Gasteiger partial charge in [0.1, 0.15) is 0 Å². The molecule has 6 nitrogen and oxygen atoms in total. The molecule has 0 saturated carbocycles. The molecule has 1 aromatic rings. The van der Waals surface area contributed by atoms with E-state index in [4.69, 9.17) is 14.2 Å². The third-order valence-corrected chi connectivity index (χ3v) is 6.79. The molecule has 0 unspecified atom stereocenters. The highest BCUT2D eigenvalue weighted by Gasteiger charge is 2.28. The number of carbonyl (C=O) groups is 1. The second-order valence-electron chi connectivity index (χ2n) is 10.1. The van der Waals surface area contributed by atoms with Crippen LogP contribution in [0, 0.1) is 0 Å². The summed E-state index contributed by atoms with van der Waals surface area (Å²) in [6, 6.07) is 0. The van der Waals surface area contributed by atoms with Crippen LogP contribution in [0.25, 0.3) is 0 Å². The van der Waals surface area contributed by atoms with Gasteiger partial charge in [0, 0.05) is 11.1 Å². The van der Waals surface area contributed by atoms with Gasteiger partial charge in [-0.05, 0) is 38.5 Å². The third-order valence-electron chi connectivity index (χ3n) is 6.79. The molecule has 0 aliphatic rings. The van der Waals surface area contributed by atoms with E-state index in [-0.39, 0.29) is 17.2 Å². The van der Waals surface area contributed by atoms with Crippen molar-refractivity contribution in [3.05, 3.63) is 11.1 Å². The molecule has 0 fully saturated rings. The van der Waals surface area contributed by atoms with Crippen molar-refractivity contribution in [2.45, 2.75) is 143 Å². The minimum absolute atomic E-state index is 0.0110. The van der Waals surface area contributed by atoms with Crippen LogP contribution in [0.1, 0.15) is 142 Å². The molecule has 0 aliphatic heterocycles. The van der Waals surface area contributed by atoms with Crippen molar-refractivity contribution in [2.24, 2.45) is 0 Å². The molecule has 0 saturated heterocycles. The summed E-state index contributed by atoms with van der Waals surface area (Å²) in [5.41, 5.74) is 1.66. The maximum absolute atomic E-state index is 11.6. The van der Waals surface area contributed by atoms with Crippen molar-refractivity contribution >= 4 is 6.16 Å². The van der Waals surface area contributed by atoms with Crippen LogP contribution in [0.15, 0.2) is 0 Å². The Morgan fingerprint density at radius 3 is 1.43 bits per heavy atom. The normalized spacial score (nSPS) is 11.0. The van der Waals surface area contributed by atoms with Crippen LogP contribution in [0.5, 0.6) is 23.0 Å². The van der Waals surface area contributed by atoms with Gasteiger partial charge in [0.2, 0.25) is 11.5 Å². The van der Waals surface area contributed by atoms with Crippen LogP contribution in [0.3, 0.4) is 0 Å². The topological polar surface area (TPSA) is 85.2 Å². The standard InChI is InChI=1S/C31H54O6/c1-5-9-13-15-17-19-23-35-29-26(22-12-8-4)25(21-11-7-3)28(37-31(33)34)27(32)30(29)36-24-20-18-16-14-10-6-2/h32H,5-24H2,1-4H3,(H,33,34). The number of benzene rings is 1. The van der Waals surface area contributed by atoms with E-state index in [2.05, 4.69) is 27.7 Å². The van der Waals surface area contributed by atoms with E-state index in [1.807, 2.05) is 0 Å². The van der Waals surface area contributed by atoms with Gasteiger partial charge in [0.25, 0.3) is 0 Å². The molecule has 0 heterocycles. The molecule has 37 heavy (non-hydrogen) atoms. The minimum atomic E-state index is -1.43. The average Bonchev–Trinajstić information content (AvgIpc) is 2.88. The largest absolute Gasteiger partial charge is 0.511 e. The zero-order valence-electron chi connectivity index (χ0n) is 24.2. The number of unbranched alkanes of at least 4 members (excludes halogenated alkanes) is 12. The predicted octanol–water partition coefficient (Wildman–Crippen LogP) is 9.61. The number of ether oxygens (including phenoxy) is 3. The third kappa shape index (κ3) is 12.8. The van der Waals surface area contributed by atoms with E-state index in [0.717, 1.165) is 75.3 Å². The molecule has 0 radical (unpaired) electrons. The van der Waals surface area contributed by atoms with Crippen molar-refractivity contribution in [3.63, 3.8) is 0 Å². The zero-order valence-corrected chi connectivity index (χ0v) is 24.2. The molecule has 0 bridgehead atoms. The Labute approximate surface area is 226 Å². The molecule has 2 N–H and O–H groups in total. The Morgan fingerprint density at radius 2 is 0.973 bits per heavy atom. The lowest BCUT2D eigenvalue weighted by Gasteiger charge is -2.23. The van der Waals surface area contributed by atoms with Gasteiger partial charge in [-0.3, -0.25) is 0 Å². The molecule has 1 rings (SSSR count). The Kier molecular flexibility index (Phi) is 18.6. The molecular weight excluding hydrogens is 468 g/mol. The van der Waals surface area contributed by atoms with Crippen molar-refractivity contribution < 1.29 is 29.2 Å². The Balaban J connectivity index is 3.25. The van der Waals surface area contributed by atoms with E-state index in [1.54, 1.807) is 0 Å². The maximum atomic E-state index is 11.6. The van der Waals surface area contributed by atoms with Gasteiger partial charge >= 0.3 is 6.16 Å². The number of phenolic OH excluding ortho intramolecular Hbond substituents is 1. The molecule has 214 valence electrons. The second-order valence-corrected chi connectivity index (χ2v) is 10.1. The van der Waals surface area contributed by atoms with Crippen LogP contribution in [0.2, 0.25) is 0 Å². The lowest BCUT2D eigenvalue weighted by molar-refractivity contribution is 0.141. The SMILES string of the molecule is CCCCCCCCOc1c(O)c(OC(=O)O)c(CCCC)c(CCCC)c1OCCCCCCCC. The van der Waals surface area contributed by atoms with Gasteiger partial charge in [0.15, 0.2) is 11.5 Å². The number of hydrogen-bond donors (Lipinski definition) is 2.